The van der Waals surface area contributed by atoms with E-state index in [2.05, 4.69) is 10.1 Å². The molecule has 1 aliphatic heterocycles. The Morgan fingerprint density at radius 3 is 3.15 bits per heavy atom. The van der Waals surface area contributed by atoms with Gasteiger partial charge in [0.2, 0.25) is 0 Å². The second kappa shape index (κ2) is 2.96. The molecule has 0 spiro atoms. The number of aryl methyl sites for hydroxylation is 1. The van der Waals surface area contributed by atoms with Crippen LogP contribution in [0, 0.1) is 6.92 Å². The van der Waals surface area contributed by atoms with Crippen molar-refractivity contribution in [3.8, 4) is 0 Å². The second-order valence-electron chi connectivity index (χ2n) is 2.94. The van der Waals surface area contributed by atoms with E-state index in [0.717, 1.165) is 5.69 Å². The lowest BCUT2D eigenvalue weighted by molar-refractivity contribution is 0.0906. The summed E-state index contributed by atoms with van der Waals surface area (Å²) in [7, 11) is 0. The molecule has 0 radical (unpaired) electrons. The summed E-state index contributed by atoms with van der Waals surface area (Å²) >= 11 is 5.61. The number of aromatic nitrogens is 2. The van der Waals surface area contributed by atoms with Crippen LogP contribution in [0.2, 0.25) is 0 Å². The largest absolute Gasteiger partial charge is 0.272 e. The first-order valence-corrected chi connectivity index (χ1v) is 4.46. The highest BCUT2D eigenvalue weighted by atomic mass is 35.5. The fourth-order valence-electron chi connectivity index (χ4n) is 1.28. The van der Waals surface area contributed by atoms with E-state index in [1.165, 1.54) is 4.68 Å². The molecule has 0 unspecified atom stereocenters. The van der Waals surface area contributed by atoms with Gasteiger partial charge in [-0.3, -0.25) is 4.79 Å². The Hall–Kier alpha value is -1.16. The zero-order chi connectivity index (χ0) is 9.42. The molecule has 0 bridgehead atoms. The lowest BCUT2D eigenvalue weighted by Gasteiger charge is -2.09. The summed E-state index contributed by atoms with van der Waals surface area (Å²) in [5.74, 6) is 0.828. The van der Waals surface area contributed by atoms with Crippen LogP contribution in [0.1, 0.15) is 16.9 Å². The summed E-state index contributed by atoms with van der Waals surface area (Å²) in [6, 6.07) is 1.77. The minimum atomic E-state index is -0.0613. The van der Waals surface area contributed by atoms with Crippen molar-refractivity contribution in [3.05, 3.63) is 11.8 Å². The van der Waals surface area contributed by atoms with Gasteiger partial charge in [-0.05, 0) is 6.92 Å². The maximum atomic E-state index is 11.4. The zero-order valence-electron chi connectivity index (χ0n) is 7.12. The van der Waals surface area contributed by atoms with Gasteiger partial charge in [0.25, 0.3) is 5.91 Å². The van der Waals surface area contributed by atoms with Gasteiger partial charge < -0.3 is 0 Å². The molecule has 13 heavy (non-hydrogen) atoms. The van der Waals surface area contributed by atoms with Gasteiger partial charge in [-0.1, -0.05) is 0 Å². The zero-order valence-corrected chi connectivity index (χ0v) is 7.88. The number of carbonyl (C=O) groups is 1. The Bertz CT molecular complexity index is 394. The minimum Gasteiger partial charge on any atom is -0.272 e. The average Bonchev–Trinajstić information content (AvgIpc) is 2.46. The van der Waals surface area contributed by atoms with Gasteiger partial charge in [0, 0.05) is 11.8 Å². The van der Waals surface area contributed by atoms with E-state index in [9.17, 15) is 4.79 Å². The van der Waals surface area contributed by atoms with E-state index in [4.69, 9.17) is 11.6 Å². The molecule has 1 aromatic heterocycles. The summed E-state index contributed by atoms with van der Waals surface area (Å²) in [5, 5.41) is 4.02. The standard InChI is InChI=1S/C8H8ClN3O/c1-5-2-7-10-6(4-9)3-8(13)12(7)11-5/h2H,3-4H2,1H3. The quantitative estimate of drug-likeness (QED) is 0.642. The van der Waals surface area contributed by atoms with Gasteiger partial charge in [-0.2, -0.15) is 9.78 Å². The van der Waals surface area contributed by atoms with Crippen molar-refractivity contribution in [2.45, 2.75) is 13.3 Å². The topological polar surface area (TPSA) is 47.2 Å². The van der Waals surface area contributed by atoms with Crippen LogP contribution in [0.15, 0.2) is 11.1 Å². The van der Waals surface area contributed by atoms with E-state index < -0.39 is 0 Å². The van der Waals surface area contributed by atoms with E-state index in [0.29, 0.717) is 17.4 Å². The first kappa shape index (κ1) is 8.44. The second-order valence-corrected chi connectivity index (χ2v) is 3.21. The van der Waals surface area contributed by atoms with Crippen molar-refractivity contribution in [2.75, 3.05) is 5.88 Å². The summed E-state index contributed by atoms with van der Waals surface area (Å²) in [6.45, 7) is 1.83. The maximum absolute atomic E-state index is 11.4. The number of nitrogens with zero attached hydrogens (tertiary/aromatic N) is 3. The van der Waals surface area contributed by atoms with Crippen LogP contribution >= 0.6 is 11.6 Å². The van der Waals surface area contributed by atoms with Crippen LogP contribution < -0.4 is 0 Å². The minimum absolute atomic E-state index is 0.0613. The number of alkyl halides is 1. The van der Waals surface area contributed by atoms with Crippen molar-refractivity contribution in [1.29, 1.82) is 0 Å². The molecule has 0 saturated heterocycles. The molecule has 0 N–H and O–H groups in total. The van der Waals surface area contributed by atoms with Crippen molar-refractivity contribution in [3.63, 3.8) is 0 Å². The normalized spacial score (nSPS) is 15.5. The first-order valence-electron chi connectivity index (χ1n) is 3.93. The molecule has 0 amide bonds. The van der Waals surface area contributed by atoms with Crippen LogP contribution in [-0.4, -0.2) is 27.3 Å². The van der Waals surface area contributed by atoms with Crippen molar-refractivity contribution in [1.82, 2.24) is 9.78 Å². The molecule has 2 heterocycles. The fourth-order valence-corrected chi connectivity index (χ4v) is 1.43. The molecule has 4 nitrogen and oxygen atoms in total. The Labute approximate surface area is 80.2 Å². The summed E-state index contributed by atoms with van der Waals surface area (Å²) in [4.78, 5) is 15.6. The fraction of sp³-hybridized carbons (Fsp3) is 0.375. The number of hydrogen-bond donors (Lipinski definition) is 0. The lowest BCUT2D eigenvalue weighted by atomic mass is 10.2. The first-order chi connectivity index (χ1) is 6.20. The third kappa shape index (κ3) is 1.37. The molecule has 0 aliphatic carbocycles. The van der Waals surface area contributed by atoms with Gasteiger partial charge in [-0.25, -0.2) is 4.99 Å². The van der Waals surface area contributed by atoms with Crippen molar-refractivity contribution < 1.29 is 4.79 Å². The van der Waals surface area contributed by atoms with Crippen LogP contribution in [0.5, 0.6) is 0 Å². The van der Waals surface area contributed by atoms with Crippen molar-refractivity contribution >= 4 is 29.0 Å². The Morgan fingerprint density at radius 2 is 2.46 bits per heavy atom. The lowest BCUT2D eigenvalue weighted by Crippen LogP contribution is -2.21. The number of hydrogen-bond acceptors (Lipinski definition) is 3. The highest BCUT2D eigenvalue weighted by Crippen LogP contribution is 2.19. The van der Waals surface area contributed by atoms with Crippen LogP contribution in [0.25, 0.3) is 0 Å². The maximum Gasteiger partial charge on any atom is 0.254 e. The van der Waals surface area contributed by atoms with Gasteiger partial charge in [0.1, 0.15) is 0 Å². The van der Waals surface area contributed by atoms with Crippen LogP contribution in [0.3, 0.4) is 0 Å². The SMILES string of the molecule is Cc1cc2n(n1)C(=O)CC(CCl)=N2. The smallest absolute Gasteiger partial charge is 0.254 e. The Kier molecular flexibility index (Phi) is 1.92. The predicted octanol–water partition coefficient (Wildman–Crippen LogP) is 1.55. The van der Waals surface area contributed by atoms with Crippen LogP contribution in [0.4, 0.5) is 5.82 Å². The van der Waals surface area contributed by atoms with Crippen LogP contribution in [-0.2, 0) is 0 Å². The molecule has 1 aliphatic rings. The summed E-state index contributed by atoms with van der Waals surface area (Å²) in [6.07, 6.45) is 0.275. The van der Waals surface area contributed by atoms with Gasteiger partial charge in [-0.15, -0.1) is 11.6 Å². The average molecular weight is 198 g/mol. The Morgan fingerprint density at radius 1 is 1.69 bits per heavy atom. The predicted molar refractivity (Wildman–Crippen MR) is 50.0 cm³/mol. The molecule has 68 valence electrons. The highest BCUT2D eigenvalue weighted by Gasteiger charge is 2.19. The molecule has 0 saturated carbocycles. The molecule has 2 rings (SSSR count). The van der Waals surface area contributed by atoms with Crippen molar-refractivity contribution in [2.24, 2.45) is 4.99 Å². The number of aliphatic imine (C=N–C) groups is 1. The van der Waals surface area contributed by atoms with E-state index in [-0.39, 0.29) is 12.3 Å². The monoisotopic (exact) mass is 197 g/mol. The van der Waals surface area contributed by atoms with E-state index >= 15 is 0 Å². The summed E-state index contributed by atoms with van der Waals surface area (Å²) < 4.78 is 1.32. The van der Waals surface area contributed by atoms with E-state index in [1.54, 1.807) is 6.07 Å². The molecular formula is C8H8ClN3O. The molecular weight excluding hydrogens is 190 g/mol. The molecule has 0 aromatic carbocycles. The molecule has 5 heteroatoms. The number of carbonyl (C=O) groups excluding carboxylic acids is 1. The number of halogens is 1. The number of fused-ring (bicyclic) bond motifs is 1. The Balaban J connectivity index is 2.52. The van der Waals surface area contributed by atoms with Gasteiger partial charge in [0.15, 0.2) is 5.82 Å². The molecule has 0 fully saturated rings. The molecule has 0 atom stereocenters. The third-order valence-corrected chi connectivity index (χ3v) is 2.14. The summed E-state index contributed by atoms with van der Waals surface area (Å²) in [5.41, 5.74) is 1.50. The molecule has 1 aromatic rings. The highest BCUT2D eigenvalue weighted by molar-refractivity contribution is 6.30. The third-order valence-electron chi connectivity index (χ3n) is 1.83. The van der Waals surface area contributed by atoms with Gasteiger partial charge >= 0.3 is 0 Å². The van der Waals surface area contributed by atoms with E-state index in [1.807, 2.05) is 6.92 Å². The number of rotatable bonds is 1. The van der Waals surface area contributed by atoms with Gasteiger partial charge in [0.05, 0.1) is 18.0 Å².